The van der Waals surface area contributed by atoms with Crippen molar-refractivity contribution in [1.29, 1.82) is 0 Å². The van der Waals surface area contributed by atoms with Crippen molar-refractivity contribution in [3.05, 3.63) is 29.8 Å². The predicted octanol–water partition coefficient (Wildman–Crippen LogP) is 2.04. The summed E-state index contributed by atoms with van der Waals surface area (Å²) >= 11 is 0. The number of amides is 1. The van der Waals surface area contributed by atoms with E-state index < -0.39 is 0 Å². The maximum atomic E-state index is 12.0. The first kappa shape index (κ1) is 13.1. The summed E-state index contributed by atoms with van der Waals surface area (Å²) < 4.78 is 5.64. The largest absolute Gasteiger partial charge is 0.365 e. The molecule has 1 aliphatic heterocycles. The van der Waals surface area contributed by atoms with Crippen LogP contribution in [0.2, 0.25) is 0 Å². The smallest absolute Gasteiger partial charge is 0.253 e. The fraction of sp³-hybridized carbons (Fsp3) is 0.500. The van der Waals surface area contributed by atoms with E-state index in [1.54, 1.807) is 0 Å². The number of benzene rings is 1. The highest BCUT2D eigenvalue weighted by molar-refractivity contribution is 5.94. The first-order valence-corrected chi connectivity index (χ1v) is 6.44. The zero-order valence-electron chi connectivity index (χ0n) is 10.7. The molecule has 4 heteroatoms. The molecular weight excluding hydrogens is 228 g/mol. The Morgan fingerprint density at radius 3 is 3.06 bits per heavy atom. The Morgan fingerprint density at radius 1 is 1.50 bits per heavy atom. The van der Waals surface area contributed by atoms with Gasteiger partial charge in [0.15, 0.2) is 0 Å². The number of anilines is 1. The molecule has 98 valence electrons. The molecule has 1 aromatic rings. The molecule has 1 saturated heterocycles. The monoisotopic (exact) mass is 248 g/mol. The van der Waals surface area contributed by atoms with Crippen molar-refractivity contribution >= 4 is 11.6 Å². The van der Waals surface area contributed by atoms with E-state index in [4.69, 9.17) is 10.5 Å². The van der Waals surface area contributed by atoms with Crippen molar-refractivity contribution in [2.45, 2.75) is 44.9 Å². The Bertz CT molecular complexity index is 420. The summed E-state index contributed by atoms with van der Waals surface area (Å²) in [6.45, 7) is 2.48. The second-order valence-corrected chi connectivity index (χ2v) is 4.76. The van der Waals surface area contributed by atoms with Gasteiger partial charge in [0.25, 0.3) is 5.91 Å². The van der Waals surface area contributed by atoms with Gasteiger partial charge in [-0.2, -0.15) is 0 Å². The van der Waals surface area contributed by atoms with Crippen LogP contribution in [0, 0.1) is 0 Å². The molecule has 18 heavy (non-hydrogen) atoms. The van der Waals surface area contributed by atoms with Gasteiger partial charge in [-0.1, -0.05) is 12.1 Å². The third kappa shape index (κ3) is 3.31. The van der Waals surface area contributed by atoms with Crippen molar-refractivity contribution in [3.63, 3.8) is 0 Å². The lowest BCUT2D eigenvalue weighted by Crippen LogP contribution is -2.36. The molecule has 0 aromatic heterocycles. The van der Waals surface area contributed by atoms with Gasteiger partial charge in [-0.25, -0.2) is 0 Å². The van der Waals surface area contributed by atoms with E-state index in [1.807, 2.05) is 31.2 Å². The molecule has 1 heterocycles. The predicted molar refractivity (Wildman–Crippen MR) is 71.1 cm³/mol. The summed E-state index contributed by atoms with van der Waals surface area (Å²) in [6, 6.07) is 7.59. The third-order valence-electron chi connectivity index (χ3n) is 3.20. The van der Waals surface area contributed by atoms with Crippen LogP contribution in [0.25, 0.3) is 0 Å². The third-order valence-corrected chi connectivity index (χ3v) is 3.20. The first-order valence-electron chi connectivity index (χ1n) is 6.44. The van der Waals surface area contributed by atoms with Crippen molar-refractivity contribution in [3.8, 4) is 0 Å². The highest BCUT2D eigenvalue weighted by Crippen LogP contribution is 2.20. The standard InChI is InChI=1S/C14H20N2O2/c1-10-4-2-7-13(18-10)14(17)16-12-6-3-5-11(8-12)9-15/h3,5-6,8,10,13H,2,4,7,9,15H2,1H3,(H,16,17)/t10-,13-/m1/s1. The average Bonchev–Trinajstić information content (AvgIpc) is 2.39. The van der Waals surface area contributed by atoms with E-state index in [1.165, 1.54) is 0 Å². The summed E-state index contributed by atoms with van der Waals surface area (Å²) in [6.07, 6.45) is 2.72. The molecule has 0 bridgehead atoms. The first-order chi connectivity index (χ1) is 8.69. The number of carbonyl (C=O) groups excluding carboxylic acids is 1. The Hall–Kier alpha value is -1.39. The van der Waals surface area contributed by atoms with Gasteiger partial charge in [0.05, 0.1) is 6.10 Å². The minimum Gasteiger partial charge on any atom is -0.365 e. The molecule has 2 atom stereocenters. The molecular formula is C14H20N2O2. The van der Waals surface area contributed by atoms with Gasteiger partial charge in [0, 0.05) is 12.2 Å². The Balaban J connectivity index is 1.97. The number of ether oxygens (including phenoxy) is 1. The van der Waals surface area contributed by atoms with E-state index >= 15 is 0 Å². The van der Waals surface area contributed by atoms with Crippen LogP contribution >= 0.6 is 0 Å². The number of nitrogens with two attached hydrogens (primary N) is 1. The topological polar surface area (TPSA) is 64.4 Å². The summed E-state index contributed by atoms with van der Waals surface area (Å²) in [7, 11) is 0. The van der Waals surface area contributed by atoms with Crippen LogP contribution in [-0.4, -0.2) is 18.1 Å². The quantitative estimate of drug-likeness (QED) is 0.860. The van der Waals surface area contributed by atoms with E-state index in [0.717, 1.165) is 30.5 Å². The zero-order valence-corrected chi connectivity index (χ0v) is 10.7. The molecule has 0 aliphatic carbocycles. The molecule has 4 nitrogen and oxygen atoms in total. The highest BCUT2D eigenvalue weighted by Gasteiger charge is 2.25. The van der Waals surface area contributed by atoms with Gasteiger partial charge in [-0.15, -0.1) is 0 Å². The van der Waals surface area contributed by atoms with Crippen LogP contribution in [0.4, 0.5) is 5.69 Å². The lowest BCUT2D eigenvalue weighted by Gasteiger charge is -2.26. The van der Waals surface area contributed by atoms with E-state index in [0.29, 0.717) is 6.54 Å². The van der Waals surface area contributed by atoms with E-state index in [2.05, 4.69) is 5.32 Å². The minimum atomic E-state index is -0.324. The molecule has 0 radical (unpaired) electrons. The molecule has 1 aliphatic rings. The molecule has 2 rings (SSSR count). The molecule has 3 N–H and O–H groups in total. The van der Waals surface area contributed by atoms with Gasteiger partial charge in [-0.3, -0.25) is 4.79 Å². The van der Waals surface area contributed by atoms with Gasteiger partial charge in [-0.05, 0) is 43.9 Å². The maximum Gasteiger partial charge on any atom is 0.253 e. The normalized spacial score (nSPS) is 23.7. The Kier molecular flexibility index (Phi) is 4.33. The molecule has 1 fully saturated rings. The number of nitrogens with one attached hydrogen (secondary N) is 1. The molecule has 1 amide bonds. The zero-order chi connectivity index (χ0) is 13.0. The fourth-order valence-corrected chi connectivity index (χ4v) is 2.20. The molecule has 0 saturated carbocycles. The number of hydrogen-bond donors (Lipinski definition) is 2. The fourth-order valence-electron chi connectivity index (χ4n) is 2.20. The van der Waals surface area contributed by atoms with Crippen LogP contribution in [0.15, 0.2) is 24.3 Å². The lowest BCUT2D eigenvalue weighted by atomic mass is 10.0. The maximum absolute atomic E-state index is 12.0. The minimum absolute atomic E-state index is 0.0595. The van der Waals surface area contributed by atoms with Gasteiger partial charge >= 0.3 is 0 Å². The lowest BCUT2D eigenvalue weighted by molar-refractivity contribution is -0.134. The van der Waals surface area contributed by atoms with Gasteiger partial charge < -0.3 is 15.8 Å². The van der Waals surface area contributed by atoms with Gasteiger partial charge in [0.2, 0.25) is 0 Å². The van der Waals surface area contributed by atoms with Crippen LogP contribution in [0.1, 0.15) is 31.7 Å². The van der Waals surface area contributed by atoms with Crippen LogP contribution < -0.4 is 11.1 Å². The van der Waals surface area contributed by atoms with E-state index in [9.17, 15) is 4.79 Å². The number of rotatable bonds is 3. The average molecular weight is 248 g/mol. The molecule has 1 aromatic carbocycles. The van der Waals surface area contributed by atoms with E-state index in [-0.39, 0.29) is 18.1 Å². The summed E-state index contributed by atoms with van der Waals surface area (Å²) in [5.41, 5.74) is 7.36. The summed E-state index contributed by atoms with van der Waals surface area (Å²) in [5, 5.41) is 2.89. The number of hydrogen-bond acceptors (Lipinski definition) is 3. The number of carbonyl (C=O) groups is 1. The van der Waals surface area contributed by atoms with Crippen molar-refractivity contribution in [2.24, 2.45) is 5.73 Å². The second-order valence-electron chi connectivity index (χ2n) is 4.76. The molecule has 0 spiro atoms. The molecule has 0 unspecified atom stereocenters. The van der Waals surface area contributed by atoms with Crippen LogP contribution in [0.5, 0.6) is 0 Å². The van der Waals surface area contributed by atoms with Gasteiger partial charge in [0.1, 0.15) is 6.10 Å². The van der Waals surface area contributed by atoms with Crippen LogP contribution in [-0.2, 0) is 16.1 Å². The van der Waals surface area contributed by atoms with Crippen molar-refractivity contribution in [1.82, 2.24) is 0 Å². The Morgan fingerprint density at radius 2 is 2.33 bits per heavy atom. The van der Waals surface area contributed by atoms with Crippen LogP contribution in [0.3, 0.4) is 0 Å². The summed E-state index contributed by atoms with van der Waals surface area (Å²) in [4.78, 5) is 12.0. The highest BCUT2D eigenvalue weighted by atomic mass is 16.5. The Labute approximate surface area is 108 Å². The van der Waals surface area contributed by atoms with Crippen molar-refractivity contribution in [2.75, 3.05) is 5.32 Å². The summed E-state index contributed by atoms with van der Waals surface area (Å²) in [5.74, 6) is -0.0595. The van der Waals surface area contributed by atoms with Crippen molar-refractivity contribution < 1.29 is 9.53 Å². The second kappa shape index (κ2) is 5.98. The SMILES string of the molecule is C[C@@H]1CCC[C@H](C(=O)Nc2cccc(CN)c2)O1.